The van der Waals surface area contributed by atoms with Crippen LogP contribution in [0.1, 0.15) is 18.4 Å². The first-order valence-corrected chi connectivity index (χ1v) is 7.96. The maximum atomic E-state index is 5.95. The third-order valence-electron chi connectivity index (χ3n) is 4.29. The van der Waals surface area contributed by atoms with Gasteiger partial charge in [0.1, 0.15) is 31.4 Å². The van der Waals surface area contributed by atoms with Crippen molar-refractivity contribution in [2.45, 2.75) is 18.9 Å². The van der Waals surface area contributed by atoms with Crippen LogP contribution in [0, 0.1) is 0 Å². The molecule has 1 atom stereocenters. The quantitative estimate of drug-likeness (QED) is 0.487. The molecule has 2 aromatic heterocycles. The highest BCUT2D eigenvalue weighted by Crippen LogP contribution is 2.17. The molecule has 1 fully saturated rings. The fraction of sp³-hybridized carbons (Fsp3) is 0.353. The van der Waals surface area contributed by atoms with Crippen LogP contribution in [0.2, 0.25) is 0 Å². The van der Waals surface area contributed by atoms with E-state index in [1.807, 2.05) is 24.4 Å². The zero-order valence-electron chi connectivity index (χ0n) is 13.9. The van der Waals surface area contributed by atoms with Crippen molar-refractivity contribution in [1.29, 1.82) is 0 Å². The van der Waals surface area contributed by atoms with Gasteiger partial charge in [-0.15, -0.1) is 0 Å². The third-order valence-corrected chi connectivity index (χ3v) is 4.29. The van der Waals surface area contributed by atoms with E-state index in [0.717, 1.165) is 30.5 Å². The zero-order chi connectivity index (χ0) is 17.1. The molecular weight excluding hydrogens is 304 g/mol. The SMILES string of the molecule is C=[N+]1CCCC1CO/C(=C/N)C(=NC)c1ccn2nc(N)cc2c1. The van der Waals surface area contributed by atoms with Crippen molar-refractivity contribution in [2.75, 3.05) is 25.9 Å². The van der Waals surface area contributed by atoms with Gasteiger partial charge < -0.3 is 16.2 Å². The number of anilines is 1. The molecule has 1 aliphatic rings. The van der Waals surface area contributed by atoms with E-state index in [4.69, 9.17) is 16.2 Å². The Bertz CT molecular complexity index is 820. The minimum absolute atomic E-state index is 0.315. The maximum Gasteiger partial charge on any atom is 0.186 e. The summed E-state index contributed by atoms with van der Waals surface area (Å²) >= 11 is 0. The number of aromatic nitrogens is 2. The molecule has 0 amide bonds. The number of nitrogens with zero attached hydrogens (tertiary/aromatic N) is 4. The van der Waals surface area contributed by atoms with Crippen LogP contribution in [-0.2, 0) is 4.74 Å². The summed E-state index contributed by atoms with van der Waals surface area (Å²) in [5.41, 5.74) is 14.0. The normalized spacial score (nSPS) is 19.2. The minimum atomic E-state index is 0.315. The highest BCUT2D eigenvalue weighted by atomic mass is 16.5. The molecule has 7 heteroatoms. The van der Waals surface area contributed by atoms with Gasteiger partial charge in [0.25, 0.3) is 0 Å². The standard InChI is InChI=1S/C17H23N6O/c1-20-17(12-5-7-23-14(8-12)9-16(19)21-23)15(10-18)24-11-13-4-3-6-22(13)2/h5,7-10,13H,2-4,6,11,18H2,1H3,(H2,19,21)/q+1/b15-10+,20-17?. The number of pyridine rings is 1. The van der Waals surface area contributed by atoms with E-state index in [0.29, 0.717) is 29.9 Å². The molecule has 24 heavy (non-hydrogen) atoms. The van der Waals surface area contributed by atoms with Crippen LogP contribution in [0.3, 0.4) is 0 Å². The number of allylic oxidation sites excluding steroid dienone is 1. The Morgan fingerprint density at radius 3 is 3.08 bits per heavy atom. The minimum Gasteiger partial charge on any atom is -0.483 e. The van der Waals surface area contributed by atoms with Crippen molar-refractivity contribution >= 4 is 23.8 Å². The molecule has 0 radical (unpaired) electrons. The van der Waals surface area contributed by atoms with Crippen molar-refractivity contribution < 1.29 is 9.31 Å². The van der Waals surface area contributed by atoms with Crippen LogP contribution < -0.4 is 11.5 Å². The zero-order valence-corrected chi connectivity index (χ0v) is 13.9. The Kier molecular flexibility index (Phi) is 4.50. The van der Waals surface area contributed by atoms with Crippen LogP contribution in [0.5, 0.6) is 0 Å². The molecule has 2 aromatic rings. The second-order valence-electron chi connectivity index (χ2n) is 5.88. The number of aliphatic imine (C=N–C) groups is 1. The van der Waals surface area contributed by atoms with Crippen LogP contribution >= 0.6 is 0 Å². The summed E-state index contributed by atoms with van der Waals surface area (Å²) in [6.45, 7) is 5.59. The lowest BCUT2D eigenvalue weighted by Crippen LogP contribution is -2.25. The predicted molar refractivity (Wildman–Crippen MR) is 95.6 cm³/mol. The van der Waals surface area contributed by atoms with Gasteiger partial charge in [-0.1, -0.05) is 0 Å². The molecule has 0 aliphatic carbocycles. The van der Waals surface area contributed by atoms with Gasteiger partial charge in [0.15, 0.2) is 11.8 Å². The average molecular weight is 327 g/mol. The molecule has 1 saturated heterocycles. The lowest BCUT2D eigenvalue weighted by atomic mass is 10.1. The number of ether oxygens (including phenoxy) is 1. The first-order chi connectivity index (χ1) is 11.6. The molecular formula is C17H23N6O+. The largest absolute Gasteiger partial charge is 0.483 e. The summed E-state index contributed by atoms with van der Waals surface area (Å²) in [5, 5.41) is 4.17. The van der Waals surface area contributed by atoms with Gasteiger partial charge in [-0.25, -0.2) is 9.09 Å². The van der Waals surface area contributed by atoms with Gasteiger partial charge in [0, 0.05) is 43.9 Å². The Hall–Kier alpha value is -2.83. The second kappa shape index (κ2) is 6.74. The lowest BCUT2D eigenvalue weighted by molar-refractivity contribution is -0.538. The fourth-order valence-electron chi connectivity index (χ4n) is 3.01. The second-order valence-corrected chi connectivity index (χ2v) is 5.88. The smallest absolute Gasteiger partial charge is 0.186 e. The summed E-state index contributed by atoms with van der Waals surface area (Å²) in [5.74, 6) is 1.04. The topological polar surface area (TPSA) is 93.9 Å². The average Bonchev–Trinajstić information content (AvgIpc) is 3.15. The molecule has 0 bridgehead atoms. The van der Waals surface area contributed by atoms with Crippen LogP contribution in [0.4, 0.5) is 5.82 Å². The Balaban J connectivity index is 1.80. The van der Waals surface area contributed by atoms with E-state index in [1.165, 1.54) is 6.20 Å². The van der Waals surface area contributed by atoms with Crippen molar-refractivity contribution in [2.24, 2.45) is 10.7 Å². The monoisotopic (exact) mass is 327 g/mol. The van der Waals surface area contributed by atoms with Crippen molar-refractivity contribution in [1.82, 2.24) is 9.61 Å². The highest BCUT2D eigenvalue weighted by Gasteiger charge is 2.27. The van der Waals surface area contributed by atoms with Gasteiger partial charge in [0.05, 0.1) is 5.52 Å². The number of rotatable bonds is 5. The molecule has 126 valence electrons. The first-order valence-electron chi connectivity index (χ1n) is 7.96. The predicted octanol–water partition coefficient (Wildman–Crippen LogP) is 1.03. The van der Waals surface area contributed by atoms with Crippen molar-refractivity contribution in [3.63, 3.8) is 0 Å². The van der Waals surface area contributed by atoms with E-state index >= 15 is 0 Å². The number of hydrogen-bond acceptors (Lipinski definition) is 5. The lowest BCUT2D eigenvalue weighted by Gasteiger charge is -2.14. The molecule has 1 unspecified atom stereocenters. The summed E-state index contributed by atoms with van der Waals surface area (Å²) < 4.78 is 9.73. The number of hydrogen-bond donors (Lipinski definition) is 2. The van der Waals surface area contributed by atoms with E-state index in [1.54, 1.807) is 11.6 Å². The summed E-state index contributed by atoms with van der Waals surface area (Å²) in [4.78, 5) is 4.36. The van der Waals surface area contributed by atoms with E-state index in [-0.39, 0.29) is 0 Å². The van der Waals surface area contributed by atoms with Gasteiger partial charge in [-0.3, -0.25) is 4.99 Å². The molecule has 3 rings (SSSR count). The molecule has 0 aromatic carbocycles. The Morgan fingerprint density at radius 1 is 1.58 bits per heavy atom. The number of nitrogens with two attached hydrogens (primary N) is 2. The van der Waals surface area contributed by atoms with Gasteiger partial charge in [-0.05, 0) is 12.1 Å². The highest BCUT2D eigenvalue weighted by molar-refractivity contribution is 6.11. The van der Waals surface area contributed by atoms with E-state index < -0.39 is 0 Å². The van der Waals surface area contributed by atoms with Gasteiger partial charge in [0.2, 0.25) is 0 Å². The number of nitrogen functional groups attached to an aromatic ring is 1. The van der Waals surface area contributed by atoms with Crippen LogP contribution in [0.15, 0.2) is 41.3 Å². The molecule has 0 saturated carbocycles. The van der Waals surface area contributed by atoms with Crippen molar-refractivity contribution in [3.8, 4) is 0 Å². The fourth-order valence-corrected chi connectivity index (χ4v) is 3.01. The summed E-state index contributed by atoms with van der Waals surface area (Å²) in [6, 6.07) is 6.00. The number of fused-ring (bicyclic) bond motifs is 1. The van der Waals surface area contributed by atoms with Crippen LogP contribution in [0.25, 0.3) is 5.52 Å². The van der Waals surface area contributed by atoms with E-state index in [9.17, 15) is 0 Å². The van der Waals surface area contributed by atoms with Crippen molar-refractivity contribution in [3.05, 3.63) is 41.9 Å². The first kappa shape index (κ1) is 16.0. The van der Waals surface area contributed by atoms with E-state index in [2.05, 4.69) is 21.4 Å². The maximum absolute atomic E-state index is 5.95. The molecule has 7 nitrogen and oxygen atoms in total. The Morgan fingerprint density at radius 2 is 2.42 bits per heavy atom. The molecule has 0 spiro atoms. The van der Waals surface area contributed by atoms with Gasteiger partial charge >= 0.3 is 0 Å². The third kappa shape index (κ3) is 3.10. The molecule has 4 N–H and O–H groups in total. The van der Waals surface area contributed by atoms with Crippen LogP contribution in [-0.4, -0.2) is 52.9 Å². The molecule has 1 aliphatic heterocycles. The summed E-state index contributed by atoms with van der Waals surface area (Å²) in [6.07, 6.45) is 5.53. The Labute approximate surface area is 140 Å². The summed E-state index contributed by atoms with van der Waals surface area (Å²) in [7, 11) is 1.72. The molecule has 3 heterocycles. The van der Waals surface area contributed by atoms with Gasteiger partial charge in [-0.2, -0.15) is 5.10 Å².